The molecule has 2 N–H and O–H groups in total. The SMILES string of the molecule is NC1C(C(Cl)Cl)=Cc2cccc3cccc1c23. The third-order valence-electron chi connectivity index (χ3n) is 3.24. The van der Waals surface area contributed by atoms with Crippen molar-refractivity contribution in [3.8, 4) is 0 Å². The summed E-state index contributed by atoms with van der Waals surface area (Å²) in [5, 5.41) is 2.41. The molecular formula is C14H11Cl2N. The Hall–Kier alpha value is -1.02. The van der Waals surface area contributed by atoms with E-state index in [1.165, 1.54) is 10.8 Å². The Bertz CT molecular complexity index is 611. The van der Waals surface area contributed by atoms with Crippen molar-refractivity contribution in [2.24, 2.45) is 5.73 Å². The number of nitrogens with two attached hydrogens (primary N) is 1. The number of hydrogen-bond acceptors (Lipinski definition) is 1. The van der Waals surface area contributed by atoms with Gasteiger partial charge in [0.1, 0.15) is 4.84 Å². The van der Waals surface area contributed by atoms with Gasteiger partial charge in [-0.25, -0.2) is 0 Å². The van der Waals surface area contributed by atoms with Gasteiger partial charge in [-0.15, -0.1) is 23.2 Å². The molecule has 0 radical (unpaired) electrons. The highest BCUT2D eigenvalue weighted by Gasteiger charge is 2.24. The first-order valence-electron chi connectivity index (χ1n) is 5.45. The molecule has 0 saturated carbocycles. The summed E-state index contributed by atoms with van der Waals surface area (Å²) in [6.07, 6.45) is 2.00. The first-order valence-corrected chi connectivity index (χ1v) is 6.32. The van der Waals surface area contributed by atoms with Crippen LogP contribution in [0.1, 0.15) is 17.2 Å². The summed E-state index contributed by atoms with van der Waals surface area (Å²) in [5.41, 5.74) is 9.31. The quantitative estimate of drug-likeness (QED) is 0.773. The van der Waals surface area contributed by atoms with Gasteiger partial charge in [-0.1, -0.05) is 42.5 Å². The molecular weight excluding hydrogens is 253 g/mol. The molecule has 2 aromatic carbocycles. The maximum absolute atomic E-state index is 6.21. The van der Waals surface area contributed by atoms with Gasteiger partial charge in [0.15, 0.2) is 0 Å². The van der Waals surface area contributed by atoms with Crippen molar-refractivity contribution < 1.29 is 0 Å². The molecule has 1 aliphatic carbocycles. The highest BCUT2D eigenvalue weighted by molar-refractivity contribution is 6.46. The molecule has 86 valence electrons. The maximum atomic E-state index is 6.21. The van der Waals surface area contributed by atoms with Crippen LogP contribution in [-0.4, -0.2) is 4.84 Å². The summed E-state index contributed by atoms with van der Waals surface area (Å²) in [6.45, 7) is 0. The Labute approximate surface area is 110 Å². The third-order valence-corrected chi connectivity index (χ3v) is 3.74. The third kappa shape index (κ3) is 1.66. The lowest BCUT2D eigenvalue weighted by molar-refractivity contribution is 0.847. The molecule has 3 heteroatoms. The topological polar surface area (TPSA) is 26.0 Å². The van der Waals surface area contributed by atoms with E-state index in [9.17, 15) is 0 Å². The first kappa shape index (κ1) is 11.1. The summed E-state index contributed by atoms with van der Waals surface area (Å²) in [6, 6.07) is 12.1. The van der Waals surface area contributed by atoms with Gasteiger partial charge in [-0.2, -0.15) is 0 Å². The van der Waals surface area contributed by atoms with E-state index in [4.69, 9.17) is 28.9 Å². The molecule has 0 spiro atoms. The second-order valence-electron chi connectivity index (χ2n) is 4.22. The maximum Gasteiger partial charge on any atom is 0.130 e. The van der Waals surface area contributed by atoms with Crippen LogP contribution < -0.4 is 5.73 Å². The fraction of sp³-hybridized carbons (Fsp3) is 0.143. The molecule has 0 heterocycles. The summed E-state index contributed by atoms with van der Waals surface area (Å²) in [7, 11) is 0. The van der Waals surface area contributed by atoms with Crippen molar-refractivity contribution in [2.45, 2.75) is 10.9 Å². The van der Waals surface area contributed by atoms with Gasteiger partial charge < -0.3 is 5.73 Å². The second kappa shape index (κ2) is 4.02. The van der Waals surface area contributed by atoms with Gasteiger partial charge in [0.05, 0.1) is 6.04 Å². The lowest BCUT2D eigenvalue weighted by atomic mass is 9.86. The van der Waals surface area contributed by atoms with E-state index in [1.807, 2.05) is 24.3 Å². The average Bonchev–Trinajstić information content (AvgIpc) is 2.33. The van der Waals surface area contributed by atoms with Crippen LogP contribution in [0, 0.1) is 0 Å². The number of benzene rings is 2. The second-order valence-corrected chi connectivity index (χ2v) is 5.31. The summed E-state index contributed by atoms with van der Waals surface area (Å²) < 4.78 is 0. The van der Waals surface area contributed by atoms with Gasteiger partial charge in [-0.05, 0) is 27.5 Å². The molecule has 0 aromatic heterocycles. The van der Waals surface area contributed by atoms with Crippen LogP contribution in [0.15, 0.2) is 42.0 Å². The van der Waals surface area contributed by atoms with E-state index in [0.717, 1.165) is 16.7 Å². The molecule has 0 bridgehead atoms. The van der Waals surface area contributed by atoms with Gasteiger partial charge in [0.2, 0.25) is 0 Å². The predicted octanol–water partition coefficient (Wildman–Crippen LogP) is 4.04. The zero-order chi connectivity index (χ0) is 12.0. The minimum atomic E-state index is -0.561. The van der Waals surface area contributed by atoms with Crippen LogP contribution in [0.3, 0.4) is 0 Å². The summed E-state index contributed by atoms with van der Waals surface area (Å²) in [4.78, 5) is -0.561. The van der Waals surface area contributed by atoms with Crippen molar-refractivity contribution in [2.75, 3.05) is 0 Å². The Morgan fingerprint density at radius 1 is 1.06 bits per heavy atom. The Balaban J connectivity index is 2.36. The minimum Gasteiger partial charge on any atom is -0.320 e. The highest BCUT2D eigenvalue weighted by Crippen LogP contribution is 2.39. The van der Waals surface area contributed by atoms with Crippen LogP contribution in [-0.2, 0) is 0 Å². The minimum absolute atomic E-state index is 0.214. The molecule has 0 amide bonds. The van der Waals surface area contributed by atoms with Crippen molar-refractivity contribution in [3.63, 3.8) is 0 Å². The van der Waals surface area contributed by atoms with Crippen LogP contribution in [0.4, 0.5) is 0 Å². The Kier molecular flexibility index (Phi) is 2.62. The number of halogens is 2. The monoisotopic (exact) mass is 263 g/mol. The molecule has 1 unspecified atom stereocenters. The highest BCUT2D eigenvalue weighted by atomic mass is 35.5. The van der Waals surface area contributed by atoms with E-state index in [1.54, 1.807) is 0 Å². The van der Waals surface area contributed by atoms with Gasteiger partial charge in [-0.3, -0.25) is 0 Å². The van der Waals surface area contributed by atoms with Crippen LogP contribution in [0.5, 0.6) is 0 Å². The number of hydrogen-bond donors (Lipinski definition) is 1. The molecule has 0 saturated heterocycles. The Morgan fingerprint density at radius 3 is 2.47 bits per heavy atom. The molecule has 0 fully saturated rings. The van der Waals surface area contributed by atoms with E-state index in [0.29, 0.717) is 0 Å². The lowest BCUT2D eigenvalue weighted by Crippen LogP contribution is -2.20. The average molecular weight is 264 g/mol. The van der Waals surface area contributed by atoms with Gasteiger partial charge in [0, 0.05) is 0 Å². The molecule has 3 rings (SSSR count). The molecule has 1 aliphatic rings. The molecule has 1 atom stereocenters. The van der Waals surface area contributed by atoms with Crippen molar-refractivity contribution >= 4 is 40.1 Å². The molecule has 0 aliphatic heterocycles. The van der Waals surface area contributed by atoms with Crippen molar-refractivity contribution in [1.82, 2.24) is 0 Å². The zero-order valence-corrected chi connectivity index (χ0v) is 10.5. The van der Waals surface area contributed by atoms with Crippen LogP contribution >= 0.6 is 23.2 Å². The van der Waals surface area contributed by atoms with Crippen molar-refractivity contribution in [1.29, 1.82) is 0 Å². The summed E-state index contributed by atoms with van der Waals surface area (Å²) >= 11 is 11.9. The first-order chi connectivity index (χ1) is 8.18. The number of alkyl halides is 2. The van der Waals surface area contributed by atoms with E-state index in [-0.39, 0.29) is 6.04 Å². The van der Waals surface area contributed by atoms with Gasteiger partial charge in [0.25, 0.3) is 0 Å². The smallest absolute Gasteiger partial charge is 0.130 e. The van der Waals surface area contributed by atoms with Crippen molar-refractivity contribution in [3.05, 3.63) is 53.1 Å². The fourth-order valence-electron chi connectivity index (χ4n) is 2.43. The van der Waals surface area contributed by atoms with E-state index < -0.39 is 4.84 Å². The zero-order valence-electron chi connectivity index (χ0n) is 9.03. The number of rotatable bonds is 1. The van der Waals surface area contributed by atoms with E-state index >= 15 is 0 Å². The van der Waals surface area contributed by atoms with Crippen LogP contribution in [0.25, 0.3) is 16.8 Å². The normalized spacial score (nSPS) is 18.6. The molecule has 1 nitrogen and oxygen atoms in total. The Morgan fingerprint density at radius 2 is 1.76 bits per heavy atom. The fourth-order valence-corrected chi connectivity index (χ4v) is 2.82. The standard InChI is InChI=1S/C14H11Cl2N/c15-14(16)11-7-9-5-1-3-8-4-2-6-10(12(8)9)13(11)17/h1-7,13-14H,17H2. The predicted molar refractivity (Wildman–Crippen MR) is 74.3 cm³/mol. The van der Waals surface area contributed by atoms with Crippen LogP contribution in [0.2, 0.25) is 0 Å². The molecule has 17 heavy (non-hydrogen) atoms. The van der Waals surface area contributed by atoms with E-state index in [2.05, 4.69) is 18.2 Å². The summed E-state index contributed by atoms with van der Waals surface area (Å²) in [5.74, 6) is 0. The largest absolute Gasteiger partial charge is 0.320 e. The lowest BCUT2D eigenvalue weighted by Gasteiger charge is -2.24. The molecule has 2 aromatic rings. The van der Waals surface area contributed by atoms with Gasteiger partial charge >= 0.3 is 0 Å².